The van der Waals surface area contributed by atoms with Crippen LogP contribution in [0.25, 0.3) is 0 Å². The van der Waals surface area contributed by atoms with Crippen LogP contribution >= 0.6 is 11.8 Å². The molecule has 3 rings (SSSR count). The van der Waals surface area contributed by atoms with Gasteiger partial charge in [0.05, 0.1) is 6.42 Å². The highest BCUT2D eigenvalue weighted by Crippen LogP contribution is 2.41. The minimum Gasteiger partial charge on any atom is -0.481 e. The lowest BCUT2D eigenvalue weighted by Gasteiger charge is -2.17. The van der Waals surface area contributed by atoms with Crippen molar-refractivity contribution in [3.8, 4) is 0 Å². The third kappa shape index (κ3) is 2.38. The van der Waals surface area contributed by atoms with Crippen molar-refractivity contribution in [1.82, 2.24) is 0 Å². The lowest BCUT2D eigenvalue weighted by molar-refractivity contribution is -0.137. The van der Waals surface area contributed by atoms with E-state index in [4.69, 9.17) is 0 Å². The zero-order valence-corrected chi connectivity index (χ0v) is 11.2. The average molecular weight is 270 g/mol. The predicted molar refractivity (Wildman–Crippen MR) is 76.5 cm³/mol. The fourth-order valence-corrected chi connectivity index (χ4v) is 3.75. The van der Waals surface area contributed by atoms with Crippen LogP contribution in [0, 0.1) is 0 Å². The van der Waals surface area contributed by atoms with Gasteiger partial charge in [-0.1, -0.05) is 42.5 Å². The second kappa shape index (κ2) is 5.10. The van der Waals surface area contributed by atoms with Gasteiger partial charge in [-0.3, -0.25) is 4.79 Å². The molecule has 0 amide bonds. The summed E-state index contributed by atoms with van der Waals surface area (Å²) in [6.07, 6.45) is 0.147. The third-order valence-corrected chi connectivity index (χ3v) is 4.62. The van der Waals surface area contributed by atoms with Crippen molar-refractivity contribution in [3.05, 3.63) is 65.2 Å². The maximum atomic E-state index is 11.2. The summed E-state index contributed by atoms with van der Waals surface area (Å²) in [6.45, 7) is 0. The summed E-state index contributed by atoms with van der Waals surface area (Å²) >= 11 is 1.79. The standard InChI is InChI=1S/C16H14O2S/c17-16(18)9-14-12-6-2-1-5-11(12)10-19-15-8-4-3-7-13(14)15/h1-8,14H,9-10H2,(H,17,18)/t14-/m1/s1. The van der Waals surface area contributed by atoms with Gasteiger partial charge in [0.2, 0.25) is 0 Å². The number of carbonyl (C=O) groups is 1. The zero-order chi connectivity index (χ0) is 13.2. The quantitative estimate of drug-likeness (QED) is 0.899. The molecule has 1 heterocycles. The first-order chi connectivity index (χ1) is 9.25. The van der Waals surface area contributed by atoms with Gasteiger partial charge in [-0.2, -0.15) is 0 Å². The van der Waals surface area contributed by atoms with E-state index in [1.165, 1.54) is 10.5 Å². The highest BCUT2D eigenvalue weighted by atomic mass is 32.2. The Bertz CT molecular complexity index is 574. The van der Waals surface area contributed by atoms with Crippen molar-refractivity contribution in [2.24, 2.45) is 0 Å². The summed E-state index contributed by atoms with van der Waals surface area (Å²) in [4.78, 5) is 12.4. The number of rotatable bonds is 2. The van der Waals surface area contributed by atoms with Crippen LogP contribution in [-0.4, -0.2) is 11.1 Å². The molecule has 0 spiro atoms. The van der Waals surface area contributed by atoms with E-state index < -0.39 is 5.97 Å². The molecule has 0 aliphatic carbocycles. The van der Waals surface area contributed by atoms with Gasteiger partial charge in [-0.15, -0.1) is 11.8 Å². The number of hydrogen-bond donors (Lipinski definition) is 1. The summed E-state index contributed by atoms with van der Waals surface area (Å²) in [5.41, 5.74) is 3.54. The molecule has 1 N–H and O–H groups in total. The molecule has 0 bridgehead atoms. The Labute approximate surface area is 116 Å². The van der Waals surface area contributed by atoms with Gasteiger partial charge in [-0.25, -0.2) is 0 Å². The Balaban J connectivity index is 2.16. The molecule has 1 atom stereocenters. The van der Waals surface area contributed by atoms with E-state index in [0.717, 1.165) is 16.9 Å². The fraction of sp³-hybridized carbons (Fsp3) is 0.188. The van der Waals surface area contributed by atoms with Crippen molar-refractivity contribution in [2.75, 3.05) is 0 Å². The Morgan fingerprint density at radius 1 is 1.11 bits per heavy atom. The molecule has 0 saturated carbocycles. The number of thioether (sulfide) groups is 1. The Kier molecular flexibility index (Phi) is 3.30. The van der Waals surface area contributed by atoms with E-state index in [1.807, 2.05) is 24.3 Å². The number of aliphatic carboxylic acids is 1. The van der Waals surface area contributed by atoms with E-state index in [1.54, 1.807) is 11.8 Å². The summed E-state index contributed by atoms with van der Waals surface area (Å²) < 4.78 is 0. The Morgan fingerprint density at radius 3 is 2.58 bits per heavy atom. The van der Waals surface area contributed by atoms with Crippen molar-refractivity contribution >= 4 is 17.7 Å². The highest BCUT2D eigenvalue weighted by Gasteiger charge is 2.25. The molecule has 2 nitrogen and oxygen atoms in total. The molecule has 0 saturated heterocycles. The highest BCUT2D eigenvalue weighted by molar-refractivity contribution is 7.98. The van der Waals surface area contributed by atoms with Crippen LogP contribution in [-0.2, 0) is 10.5 Å². The largest absolute Gasteiger partial charge is 0.481 e. The minimum absolute atomic E-state index is 0.0418. The first-order valence-corrected chi connectivity index (χ1v) is 7.25. The average Bonchev–Trinajstić information content (AvgIpc) is 2.57. The van der Waals surface area contributed by atoms with Gasteiger partial charge in [0.15, 0.2) is 0 Å². The van der Waals surface area contributed by atoms with Crippen molar-refractivity contribution in [1.29, 1.82) is 0 Å². The third-order valence-electron chi connectivity index (χ3n) is 3.49. The van der Waals surface area contributed by atoms with E-state index in [9.17, 15) is 9.90 Å². The van der Waals surface area contributed by atoms with Crippen molar-refractivity contribution in [3.63, 3.8) is 0 Å². The number of benzene rings is 2. The molecule has 0 radical (unpaired) electrons. The van der Waals surface area contributed by atoms with Crippen LogP contribution < -0.4 is 0 Å². The summed E-state index contributed by atoms with van der Waals surface area (Å²) in [7, 11) is 0. The van der Waals surface area contributed by atoms with Gasteiger partial charge in [-0.05, 0) is 22.8 Å². The first-order valence-electron chi connectivity index (χ1n) is 6.27. The second-order valence-electron chi connectivity index (χ2n) is 4.68. The molecular weight excluding hydrogens is 256 g/mol. The second-order valence-corrected chi connectivity index (χ2v) is 5.69. The first kappa shape index (κ1) is 12.3. The summed E-state index contributed by atoms with van der Waals surface area (Å²) in [5, 5.41) is 9.20. The fourth-order valence-electron chi connectivity index (χ4n) is 2.62. The molecule has 0 aromatic heterocycles. The Hall–Kier alpha value is -1.74. The van der Waals surface area contributed by atoms with Crippen molar-refractivity contribution in [2.45, 2.75) is 23.0 Å². The maximum absolute atomic E-state index is 11.2. The van der Waals surface area contributed by atoms with E-state index in [2.05, 4.69) is 24.3 Å². The number of carboxylic acid groups (broad SMARTS) is 1. The van der Waals surface area contributed by atoms with Gasteiger partial charge < -0.3 is 5.11 Å². The number of fused-ring (bicyclic) bond motifs is 2. The molecule has 3 heteroatoms. The van der Waals surface area contributed by atoms with E-state index >= 15 is 0 Å². The molecule has 2 aromatic carbocycles. The molecule has 2 aromatic rings. The molecule has 1 aliphatic heterocycles. The Morgan fingerprint density at radius 2 is 1.79 bits per heavy atom. The predicted octanol–water partition coefficient (Wildman–Crippen LogP) is 3.90. The lowest BCUT2D eigenvalue weighted by Crippen LogP contribution is -2.09. The van der Waals surface area contributed by atoms with Crippen LogP contribution in [0.2, 0.25) is 0 Å². The number of carboxylic acids is 1. The van der Waals surface area contributed by atoms with E-state index in [0.29, 0.717) is 0 Å². The van der Waals surface area contributed by atoms with Crippen LogP contribution in [0.3, 0.4) is 0 Å². The maximum Gasteiger partial charge on any atom is 0.304 e. The monoisotopic (exact) mass is 270 g/mol. The van der Waals surface area contributed by atoms with Crippen LogP contribution in [0.1, 0.15) is 29.0 Å². The van der Waals surface area contributed by atoms with Gasteiger partial charge in [0.25, 0.3) is 0 Å². The molecule has 0 fully saturated rings. The number of hydrogen-bond acceptors (Lipinski definition) is 2. The van der Waals surface area contributed by atoms with Crippen LogP contribution in [0.15, 0.2) is 53.4 Å². The minimum atomic E-state index is -0.749. The SMILES string of the molecule is O=C(O)C[C@@H]1c2ccccc2CSc2ccccc21. The summed E-state index contributed by atoms with van der Waals surface area (Å²) in [6, 6.07) is 16.3. The smallest absolute Gasteiger partial charge is 0.304 e. The van der Waals surface area contributed by atoms with Crippen LogP contribution in [0.4, 0.5) is 0 Å². The van der Waals surface area contributed by atoms with Gasteiger partial charge in [0.1, 0.15) is 0 Å². The lowest BCUT2D eigenvalue weighted by atomic mass is 9.86. The zero-order valence-electron chi connectivity index (χ0n) is 10.4. The van der Waals surface area contributed by atoms with Gasteiger partial charge >= 0.3 is 5.97 Å². The van der Waals surface area contributed by atoms with E-state index in [-0.39, 0.29) is 12.3 Å². The molecule has 1 aliphatic rings. The molecular formula is C16H14O2S. The molecule has 19 heavy (non-hydrogen) atoms. The summed E-state index contributed by atoms with van der Waals surface area (Å²) in [5.74, 6) is 0.116. The van der Waals surface area contributed by atoms with Crippen LogP contribution in [0.5, 0.6) is 0 Å². The molecule has 0 unspecified atom stereocenters. The molecule has 96 valence electrons. The van der Waals surface area contributed by atoms with Gasteiger partial charge in [0, 0.05) is 16.6 Å². The van der Waals surface area contributed by atoms with Crippen molar-refractivity contribution < 1.29 is 9.90 Å². The normalized spacial score (nSPS) is 17.2. The topological polar surface area (TPSA) is 37.3 Å².